The quantitative estimate of drug-likeness (QED) is 0.533. The Morgan fingerprint density at radius 2 is 1.97 bits per heavy atom. The second-order valence-corrected chi connectivity index (χ2v) is 7.13. The van der Waals surface area contributed by atoms with Crippen molar-refractivity contribution in [2.75, 3.05) is 37.5 Å². The maximum Gasteiger partial charge on any atom is 0.355 e. The van der Waals surface area contributed by atoms with Crippen molar-refractivity contribution in [1.29, 1.82) is 0 Å². The van der Waals surface area contributed by atoms with E-state index in [1.807, 2.05) is 42.3 Å². The van der Waals surface area contributed by atoms with E-state index in [0.717, 1.165) is 31.5 Å². The highest BCUT2D eigenvalue weighted by Gasteiger charge is 2.30. The van der Waals surface area contributed by atoms with Gasteiger partial charge in [0.15, 0.2) is 0 Å². The first kappa shape index (κ1) is 20.5. The minimum Gasteiger partial charge on any atom is -0.351 e. The van der Waals surface area contributed by atoms with Crippen LogP contribution < -0.4 is 15.8 Å². The first-order chi connectivity index (χ1) is 14.0. The molecule has 0 atom stereocenters. The lowest BCUT2D eigenvalue weighted by Crippen LogP contribution is -2.42. The number of hydrogen-bond donors (Lipinski definition) is 2. The lowest BCUT2D eigenvalue weighted by Gasteiger charge is -2.35. The van der Waals surface area contributed by atoms with Crippen LogP contribution in [0.5, 0.6) is 0 Å². The summed E-state index contributed by atoms with van der Waals surface area (Å²) >= 11 is 0. The molecular weight excluding hydrogens is 374 g/mol. The summed E-state index contributed by atoms with van der Waals surface area (Å²) in [5.41, 5.74) is 5.66. The van der Waals surface area contributed by atoms with Crippen molar-refractivity contribution in [3.63, 3.8) is 0 Å². The highest BCUT2D eigenvalue weighted by Crippen LogP contribution is 2.33. The molecule has 1 aromatic carbocycles. The Kier molecular flexibility index (Phi) is 6.55. The number of carbonyl (C=O) groups excluding carboxylic acids is 1. The third kappa shape index (κ3) is 5.17. The summed E-state index contributed by atoms with van der Waals surface area (Å²) in [5, 5.41) is 11.8. The van der Waals surface area contributed by atoms with E-state index >= 15 is 0 Å². The molecule has 1 aromatic heterocycles. The standard InChI is InChI=1S/C19H25N7O3/c1-24-10-8-15(9-11-24)25(2)19-17(26(28)29)18(20-13-21-19)23-22-16(27)12-14-6-4-3-5-7-14/h3-7,13,15H,8-12H2,1-2H3,(H,22,27)(H,20,21,23). The van der Waals surface area contributed by atoms with Crippen molar-refractivity contribution in [1.82, 2.24) is 20.3 Å². The number of hydrazine groups is 1. The Morgan fingerprint density at radius 1 is 1.28 bits per heavy atom. The zero-order valence-corrected chi connectivity index (χ0v) is 16.5. The van der Waals surface area contributed by atoms with E-state index in [9.17, 15) is 14.9 Å². The van der Waals surface area contributed by atoms with Gasteiger partial charge in [0.25, 0.3) is 0 Å². The van der Waals surface area contributed by atoms with Gasteiger partial charge in [0.1, 0.15) is 6.33 Å². The molecule has 0 radical (unpaired) electrons. The summed E-state index contributed by atoms with van der Waals surface area (Å²) in [6, 6.07) is 9.38. The molecule has 1 saturated heterocycles. The summed E-state index contributed by atoms with van der Waals surface area (Å²) in [6.45, 7) is 1.85. The number of rotatable bonds is 7. The molecule has 0 bridgehead atoms. The fraction of sp³-hybridized carbons (Fsp3) is 0.421. The fourth-order valence-corrected chi connectivity index (χ4v) is 3.40. The van der Waals surface area contributed by atoms with Crippen molar-refractivity contribution >= 4 is 23.2 Å². The Balaban J connectivity index is 1.73. The molecule has 0 aliphatic carbocycles. The second kappa shape index (κ2) is 9.28. The lowest BCUT2D eigenvalue weighted by atomic mass is 10.0. The highest BCUT2D eigenvalue weighted by atomic mass is 16.6. The van der Waals surface area contributed by atoms with Crippen molar-refractivity contribution in [2.24, 2.45) is 0 Å². The predicted molar refractivity (Wildman–Crippen MR) is 110 cm³/mol. The Labute approximate surface area is 169 Å². The molecule has 154 valence electrons. The minimum absolute atomic E-state index is 0.0406. The zero-order chi connectivity index (χ0) is 20.8. The SMILES string of the molecule is CN1CCC(N(C)c2ncnc(NNC(=O)Cc3ccccc3)c2[N+](=O)[O-])CC1. The molecule has 1 fully saturated rings. The molecule has 1 aliphatic heterocycles. The molecule has 0 spiro atoms. The number of benzene rings is 1. The molecule has 0 unspecified atom stereocenters. The van der Waals surface area contributed by atoms with Gasteiger partial charge in [0.2, 0.25) is 17.5 Å². The molecule has 1 aliphatic rings. The minimum atomic E-state index is -0.521. The van der Waals surface area contributed by atoms with E-state index in [4.69, 9.17) is 0 Å². The van der Waals surface area contributed by atoms with E-state index in [0.29, 0.717) is 0 Å². The maximum absolute atomic E-state index is 12.2. The average Bonchev–Trinajstić information content (AvgIpc) is 2.72. The number of likely N-dealkylation sites (tertiary alicyclic amines) is 1. The van der Waals surface area contributed by atoms with Crippen molar-refractivity contribution in [3.8, 4) is 0 Å². The van der Waals surface area contributed by atoms with Gasteiger partial charge >= 0.3 is 5.69 Å². The van der Waals surface area contributed by atoms with E-state index < -0.39 is 4.92 Å². The molecule has 0 saturated carbocycles. The molecule has 2 heterocycles. The molecule has 3 rings (SSSR count). The maximum atomic E-state index is 12.2. The third-order valence-corrected chi connectivity index (χ3v) is 5.08. The molecule has 29 heavy (non-hydrogen) atoms. The zero-order valence-electron chi connectivity index (χ0n) is 16.5. The predicted octanol–water partition coefficient (Wildman–Crippen LogP) is 1.60. The Bertz CT molecular complexity index is 854. The number of piperidine rings is 1. The van der Waals surface area contributed by atoms with Crippen molar-refractivity contribution < 1.29 is 9.72 Å². The number of nitrogens with zero attached hydrogens (tertiary/aromatic N) is 5. The van der Waals surface area contributed by atoms with Gasteiger partial charge < -0.3 is 9.80 Å². The van der Waals surface area contributed by atoms with Gasteiger partial charge in [0.05, 0.1) is 11.3 Å². The van der Waals surface area contributed by atoms with Crippen LogP contribution >= 0.6 is 0 Å². The van der Waals surface area contributed by atoms with Crippen molar-refractivity contribution in [2.45, 2.75) is 25.3 Å². The molecule has 2 N–H and O–H groups in total. The van der Waals surface area contributed by atoms with Gasteiger partial charge in [-0.25, -0.2) is 9.97 Å². The van der Waals surface area contributed by atoms with Gasteiger partial charge in [-0.2, -0.15) is 0 Å². The number of anilines is 2. The molecular formula is C19H25N7O3. The van der Waals surface area contributed by atoms with Crippen LogP contribution in [-0.4, -0.2) is 58.9 Å². The van der Waals surface area contributed by atoms with Crippen LogP contribution in [0.25, 0.3) is 0 Å². The summed E-state index contributed by atoms with van der Waals surface area (Å²) in [6.07, 6.45) is 3.20. The van der Waals surface area contributed by atoms with Crippen LogP contribution in [0.2, 0.25) is 0 Å². The van der Waals surface area contributed by atoms with Crippen LogP contribution in [0.1, 0.15) is 18.4 Å². The van der Waals surface area contributed by atoms with Gasteiger partial charge in [-0.05, 0) is 38.5 Å². The summed E-state index contributed by atoms with van der Waals surface area (Å²) < 4.78 is 0. The van der Waals surface area contributed by atoms with E-state index in [1.165, 1.54) is 6.33 Å². The Hall–Kier alpha value is -3.27. The number of aromatic nitrogens is 2. The second-order valence-electron chi connectivity index (χ2n) is 7.13. The van der Waals surface area contributed by atoms with Crippen molar-refractivity contribution in [3.05, 3.63) is 52.3 Å². The largest absolute Gasteiger partial charge is 0.355 e. The van der Waals surface area contributed by atoms with Crippen LogP contribution in [-0.2, 0) is 11.2 Å². The topological polar surface area (TPSA) is 117 Å². The number of amides is 1. The van der Waals surface area contributed by atoms with Crippen LogP contribution in [0.15, 0.2) is 36.7 Å². The summed E-state index contributed by atoms with van der Waals surface area (Å²) in [5.74, 6) is -0.130. The molecule has 10 nitrogen and oxygen atoms in total. The lowest BCUT2D eigenvalue weighted by molar-refractivity contribution is -0.383. The van der Waals surface area contributed by atoms with Gasteiger partial charge in [-0.1, -0.05) is 30.3 Å². The number of hydrogen-bond acceptors (Lipinski definition) is 8. The average molecular weight is 399 g/mol. The monoisotopic (exact) mass is 399 g/mol. The molecule has 10 heteroatoms. The van der Waals surface area contributed by atoms with E-state index in [2.05, 4.69) is 32.8 Å². The van der Waals surface area contributed by atoms with Gasteiger partial charge in [-0.3, -0.25) is 25.8 Å². The van der Waals surface area contributed by atoms with Crippen LogP contribution in [0.4, 0.5) is 17.3 Å². The normalized spacial score (nSPS) is 15.0. The number of nitro groups is 1. The van der Waals surface area contributed by atoms with E-state index in [-0.39, 0.29) is 35.7 Å². The highest BCUT2D eigenvalue weighted by molar-refractivity contribution is 5.81. The van der Waals surface area contributed by atoms with Gasteiger partial charge in [-0.15, -0.1) is 0 Å². The Morgan fingerprint density at radius 3 is 2.62 bits per heavy atom. The van der Waals surface area contributed by atoms with E-state index in [1.54, 1.807) is 0 Å². The fourth-order valence-electron chi connectivity index (χ4n) is 3.40. The molecule has 2 aromatic rings. The molecule has 1 amide bonds. The van der Waals surface area contributed by atoms with Gasteiger partial charge in [0, 0.05) is 13.1 Å². The number of nitrogens with one attached hydrogen (secondary N) is 2. The van der Waals surface area contributed by atoms with Crippen LogP contribution in [0.3, 0.4) is 0 Å². The third-order valence-electron chi connectivity index (χ3n) is 5.08. The summed E-state index contributed by atoms with van der Waals surface area (Å²) in [7, 11) is 3.87. The smallest absolute Gasteiger partial charge is 0.351 e. The summed E-state index contributed by atoms with van der Waals surface area (Å²) in [4.78, 5) is 35.6. The number of carbonyl (C=O) groups is 1. The first-order valence-electron chi connectivity index (χ1n) is 9.45. The first-order valence-corrected chi connectivity index (χ1v) is 9.45. The van der Waals surface area contributed by atoms with Crippen LogP contribution in [0, 0.1) is 10.1 Å².